The Labute approximate surface area is 118 Å². The number of fused-ring (bicyclic) bond motifs is 1. The molecule has 2 fully saturated rings. The van der Waals surface area contributed by atoms with Crippen LogP contribution in [0.15, 0.2) is 6.07 Å². The molecule has 1 atom stereocenters. The number of hydrogen-bond acceptors (Lipinski definition) is 5. The molecule has 7 heteroatoms. The maximum atomic E-state index is 11.6. The first kappa shape index (κ1) is 13.0. The molecule has 7 nitrogen and oxygen atoms in total. The number of hydrogen-bond donors (Lipinski definition) is 2. The van der Waals surface area contributed by atoms with Crippen molar-refractivity contribution in [3.05, 3.63) is 11.9 Å². The van der Waals surface area contributed by atoms with Gasteiger partial charge in [0, 0.05) is 38.7 Å². The number of carbonyl (C=O) groups excluding carboxylic acids is 1. The van der Waals surface area contributed by atoms with Gasteiger partial charge in [0.15, 0.2) is 0 Å². The van der Waals surface area contributed by atoms with Crippen molar-refractivity contribution >= 4 is 17.7 Å². The summed E-state index contributed by atoms with van der Waals surface area (Å²) in [5.41, 5.74) is 5.87. The van der Waals surface area contributed by atoms with Crippen molar-refractivity contribution in [2.75, 3.05) is 36.8 Å². The minimum absolute atomic E-state index is 0.0449. The fraction of sp³-hybridized carbons (Fsp3) is 0.615. The van der Waals surface area contributed by atoms with Gasteiger partial charge in [0.2, 0.25) is 0 Å². The second kappa shape index (κ2) is 5.15. The molecule has 0 aliphatic carbocycles. The van der Waals surface area contributed by atoms with Crippen molar-refractivity contribution < 1.29 is 4.79 Å². The first-order valence-electron chi connectivity index (χ1n) is 7.10. The predicted molar refractivity (Wildman–Crippen MR) is 76.5 cm³/mol. The molecule has 1 unspecified atom stereocenters. The van der Waals surface area contributed by atoms with Gasteiger partial charge in [0.05, 0.1) is 6.04 Å². The lowest BCUT2D eigenvalue weighted by molar-refractivity contribution is 0.197. The third-order valence-corrected chi connectivity index (χ3v) is 3.81. The van der Waals surface area contributed by atoms with E-state index >= 15 is 0 Å². The Balaban J connectivity index is 1.78. The minimum Gasteiger partial charge on any atom is -0.384 e. The van der Waals surface area contributed by atoms with E-state index < -0.39 is 0 Å². The number of nitrogen functional groups attached to an aromatic ring is 1. The topological polar surface area (TPSA) is 87.4 Å². The number of amides is 2. The predicted octanol–water partition coefficient (Wildman–Crippen LogP) is 0.225. The SMILES string of the molecule is CCCc1nc(N)cc(N2CCN3C(=O)NCC3C2)n1. The highest BCUT2D eigenvalue weighted by molar-refractivity contribution is 5.77. The molecule has 3 N–H and O–H groups in total. The number of urea groups is 1. The summed E-state index contributed by atoms with van der Waals surface area (Å²) >= 11 is 0. The molecule has 20 heavy (non-hydrogen) atoms. The quantitative estimate of drug-likeness (QED) is 0.825. The van der Waals surface area contributed by atoms with Gasteiger partial charge < -0.3 is 20.9 Å². The highest BCUT2D eigenvalue weighted by Gasteiger charge is 2.35. The fourth-order valence-electron chi connectivity index (χ4n) is 2.81. The van der Waals surface area contributed by atoms with Crippen LogP contribution in [-0.4, -0.2) is 53.1 Å². The molecule has 0 spiro atoms. The van der Waals surface area contributed by atoms with E-state index in [9.17, 15) is 4.79 Å². The smallest absolute Gasteiger partial charge is 0.317 e. The van der Waals surface area contributed by atoms with Crippen LogP contribution < -0.4 is 16.0 Å². The monoisotopic (exact) mass is 276 g/mol. The Morgan fingerprint density at radius 1 is 1.45 bits per heavy atom. The summed E-state index contributed by atoms with van der Waals surface area (Å²) in [6.07, 6.45) is 1.83. The molecule has 0 aromatic carbocycles. The maximum absolute atomic E-state index is 11.6. The van der Waals surface area contributed by atoms with Crippen molar-refractivity contribution in [2.24, 2.45) is 0 Å². The highest BCUT2D eigenvalue weighted by atomic mass is 16.2. The molecule has 2 aliphatic heterocycles. The molecule has 1 aromatic rings. The average molecular weight is 276 g/mol. The molecular weight excluding hydrogens is 256 g/mol. The zero-order valence-electron chi connectivity index (χ0n) is 11.7. The van der Waals surface area contributed by atoms with E-state index in [1.54, 1.807) is 0 Å². The molecule has 2 aliphatic rings. The molecule has 1 aromatic heterocycles. The third kappa shape index (κ3) is 2.35. The highest BCUT2D eigenvalue weighted by Crippen LogP contribution is 2.21. The normalized spacial score (nSPS) is 21.9. The van der Waals surface area contributed by atoms with E-state index in [-0.39, 0.29) is 12.1 Å². The number of piperazine rings is 1. The van der Waals surface area contributed by atoms with Crippen LogP contribution in [0.3, 0.4) is 0 Å². The summed E-state index contributed by atoms with van der Waals surface area (Å²) in [5.74, 6) is 2.19. The van der Waals surface area contributed by atoms with Crippen LogP contribution >= 0.6 is 0 Å². The number of anilines is 2. The molecule has 2 amide bonds. The minimum atomic E-state index is 0.0449. The largest absolute Gasteiger partial charge is 0.384 e. The molecular formula is C13H20N6O. The number of rotatable bonds is 3. The molecule has 3 heterocycles. The second-order valence-electron chi connectivity index (χ2n) is 5.30. The third-order valence-electron chi connectivity index (χ3n) is 3.81. The van der Waals surface area contributed by atoms with E-state index in [1.165, 1.54) is 0 Å². The number of nitrogens with two attached hydrogens (primary N) is 1. The summed E-state index contributed by atoms with van der Waals surface area (Å²) in [6, 6.07) is 2.09. The van der Waals surface area contributed by atoms with Gasteiger partial charge in [-0.15, -0.1) is 0 Å². The van der Waals surface area contributed by atoms with Crippen LogP contribution in [0.5, 0.6) is 0 Å². The molecule has 0 radical (unpaired) electrons. The molecule has 0 bridgehead atoms. The summed E-state index contributed by atoms with van der Waals surface area (Å²) in [4.78, 5) is 24.5. The number of aryl methyl sites for hydroxylation is 1. The number of carbonyl (C=O) groups is 1. The summed E-state index contributed by atoms with van der Waals surface area (Å²) in [6.45, 7) is 5.11. The van der Waals surface area contributed by atoms with E-state index in [0.29, 0.717) is 12.4 Å². The molecule has 3 rings (SSSR count). The van der Waals surface area contributed by atoms with Gasteiger partial charge >= 0.3 is 6.03 Å². The van der Waals surface area contributed by atoms with Gasteiger partial charge in [0.25, 0.3) is 0 Å². The van der Waals surface area contributed by atoms with Crippen LogP contribution in [0, 0.1) is 0 Å². The van der Waals surface area contributed by atoms with E-state index in [4.69, 9.17) is 5.73 Å². The van der Waals surface area contributed by atoms with Crippen molar-refractivity contribution in [2.45, 2.75) is 25.8 Å². The standard InChI is InChI=1S/C13H20N6O/c1-2-3-11-16-10(14)6-12(17-11)18-4-5-19-9(8-18)7-15-13(19)20/h6,9H,2-5,7-8H2,1H3,(H,15,20)(H2,14,16,17). The van der Waals surface area contributed by atoms with Gasteiger partial charge in [-0.1, -0.05) is 6.92 Å². The van der Waals surface area contributed by atoms with Crippen LogP contribution in [-0.2, 0) is 6.42 Å². The lowest BCUT2D eigenvalue weighted by atomic mass is 10.2. The Hall–Kier alpha value is -2.05. The zero-order valence-corrected chi connectivity index (χ0v) is 11.7. The summed E-state index contributed by atoms with van der Waals surface area (Å²) in [5, 5.41) is 2.88. The Morgan fingerprint density at radius 2 is 2.30 bits per heavy atom. The second-order valence-corrected chi connectivity index (χ2v) is 5.30. The summed E-state index contributed by atoms with van der Waals surface area (Å²) in [7, 11) is 0. The average Bonchev–Trinajstić information content (AvgIpc) is 2.80. The fourth-order valence-corrected chi connectivity index (χ4v) is 2.81. The molecule has 0 saturated carbocycles. The van der Waals surface area contributed by atoms with E-state index in [0.717, 1.165) is 44.1 Å². The Kier molecular flexibility index (Phi) is 3.33. The first-order valence-corrected chi connectivity index (χ1v) is 7.10. The van der Waals surface area contributed by atoms with Crippen LogP contribution in [0.1, 0.15) is 19.2 Å². The first-order chi connectivity index (χ1) is 9.67. The lowest BCUT2D eigenvalue weighted by Gasteiger charge is -2.37. The summed E-state index contributed by atoms with van der Waals surface area (Å²) < 4.78 is 0. The van der Waals surface area contributed by atoms with Crippen LogP contribution in [0.25, 0.3) is 0 Å². The molecule has 108 valence electrons. The molecule has 2 saturated heterocycles. The number of aromatic nitrogens is 2. The van der Waals surface area contributed by atoms with Crippen molar-refractivity contribution in [3.63, 3.8) is 0 Å². The van der Waals surface area contributed by atoms with E-state index in [2.05, 4.69) is 27.1 Å². The maximum Gasteiger partial charge on any atom is 0.317 e. The van der Waals surface area contributed by atoms with Gasteiger partial charge in [0.1, 0.15) is 17.5 Å². The van der Waals surface area contributed by atoms with Gasteiger partial charge in [-0.2, -0.15) is 0 Å². The zero-order chi connectivity index (χ0) is 14.1. The number of nitrogens with zero attached hydrogens (tertiary/aromatic N) is 4. The van der Waals surface area contributed by atoms with Crippen molar-refractivity contribution in [3.8, 4) is 0 Å². The van der Waals surface area contributed by atoms with E-state index in [1.807, 2.05) is 11.0 Å². The van der Waals surface area contributed by atoms with Crippen LogP contribution in [0.4, 0.5) is 16.4 Å². The van der Waals surface area contributed by atoms with Gasteiger partial charge in [-0.3, -0.25) is 0 Å². The Morgan fingerprint density at radius 3 is 3.10 bits per heavy atom. The Bertz CT molecular complexity index is 520. The lowest BCUT2D eigenvalue weighted by Crippen LogP contribution is -2.52. The van der Waals surface area contributed by atoms with Gasteiger partial charge in [-0.05, 0) is 6.42 Å². The van der Waals surface area contributed by atoms with Crippen LogP contribution in [0.2, 0.25) is 0 Å². The number of nitrogens with one attached hydrogen (secondary N) is 1. The van der Waals surface area contributed by atoms with Gasteiger partial charge in [-0.25, -0.2) is 14.8 Å². The van der Waals surface area contributed by atoms with Crippen molar-refractivity contribution in [1.82, 2.24) is 20.2 Å². The van der Waals surface area contributed by atoms with Crippen molar-refractivity contribution in [1.29, 1.82) is 0 Å².